The molecular formula is C23H34O2. The molecule has 3 fully saturated rings. The number of allylic oxidation sites excluding steroid dienone is 1. The van der Waals surface area contributed by atoms with Crippen molar-refractivity contribution in [3.8, 4) is 0 Å². The maximum Gasteiger partial charge on any atom is 0.0959 e. The van der Waals surface area contributed by atoms with E-state index in [1.807, 2.05) is 6.08 Å². The topological polar surface area (TPSA) is 40.5 Å². The van der Waals surface area contributed by atoms with Crippen molar-refractivity contribution in [2.75, 3.05) is 0 Å². The molecule has 4 aliphatic rings. The van der Waals surface area contributed by atoms with Crippen molar-refractivity contribution < 1.29 is 10.2 Å². The van der Waals surface area contributed by atoms with Crippen molar-refractivity contribution in [3.05, 3.63) is 30.0 Å². The largest absolute Gasteiger partial charge is 0.389 e. The van der Waals surface area contributed by atoms with Gasteiger partial charge in [0.05, 0.1) is 11.7 Å². The molecule has 4 aliphatic carbocycles. The van der Waals surface area contributed by atoms with Gasteiger partial charge in [0.25, 0.3) is 0 Å². The van der Waals surface area contributed by atoms with Gasteiger partial charge in [-0.1, -0.05) is 31.6 Å². The molecule has 0 aromatic heterocycles. The first-order chi connectivity index (χ1) is 12.0. The van der Waals surface area contributed by atoms with Gasteiger partial charge >= 0.3 is 0 Å². The summed E-state index contributed by atoms with van der Waals surface area (Å²) in [5, 5.41) is 21.5. The molecule has 0 aromatic rings. The van der Waals surface area contributed by atoms with Crippen molar-refractivity contribution in [1.82, 2.24) is 0 Å². The Morgan fingerprint density at radius 2 is 2.04 bits per heavy atom. The number of aliphatic hydroxyl groups is 2. The van der Waals surface area contributed by atoms with Crippen LogP contribution in [0, 0.1) is 29.1 Å². The second-order valence-corrected chi connectivity index (χ2v) is 9.22. The SMILES string of the molecule is C=C=C[C@]1(O)CC[C@H]2[C@@H]3CCC4=C[C@@H](O)CC[C@@H]4[C@H]3CC[C@@]21CCC. The van der Waals surface area contributed by atoms with Crippen LogP contribution in [0.25, 0.3) is 0 Å². The summed E-state index contributed by atoms with van der Waals surface area (Å²) < 4.78 is 0. The van der Waals surface area contributed by atoms with E-state index in [0.29, 0.717) is 11.8 Å². The first-order valence-corrected chi connectivity index (χ1v) is 10.5. The molecule has 0 unspecified atom stereocenters. The highest BCUT2D eigenvalue weighted by Gasteiger charge is 2.63. The first-order valence-electron chi connectivity index (χ1n) is 10.5. The van der Waals surface area contributed by atoms with Gasteiger partial charge < -0.3 is 10.2 Å². The molecule has 138 valence electrons. The molecule has 2 nitrogen and oxygen atoms in total. The van der Waals surface area contributed by atoms with Crippen molar-refractivity contribution in [1.29, 1.82) is 0 Å². The zero-order valence-electron chi connectivity index (χ0n) is 15.7. The van der Waals surface area contributed by atoms with E-state index in [4.69, 9.17) is 0 Å². The molecule has 2 heteroatoms. The van der Waals surface area contributed by atoms with E-state index < -0.39 is 5.60 Å². The van der Waals surface area contributed by atoms with Crippen LogP contribution in [0.5, 0.6) is 0 Å². The lowest BCUT2D eigenvalue weighted by atomic mass is 9.49. The van der Waals surface area contributed by atoms with Gasteiger partial charge in [0, 0.05) is 5.41 Å². The molecule has 0 aliphatic heterocycles. The highest BCUT2D eigenvalue weighted by atomic mass is 16.3. The quantitative estimate of drug-likeness (QED) is 0.573. The summed E-state index contributed by atoms with van der Waals surface area (Å²) in [5.74, 6) is 2.88. The third-order valence-corrected chi connectivity index (χ3v) is 8.38. The van der Waals surface area contributed by atoms with Crippen molar-refractivity contribution in [2.45, 2.75) is 82.8 Å². The number of rotatable bonds is 3. The molecule has 0 aromatic carbocycles. The number of hydrogen-bond donors (Lipinski definition) is 2. The van der Waals surface area contributed by atoms with Gasteiger partial charge in [-0.05, 0) is 87.5 Å². The minimum atomic E-state index is -0.695. The molecule has 0 spiro atoms. The lowest BCUT2D eigenvalue weighted by Gasteiger charge is -2.56. The molecule has 2 N–H and O–H groups in total. The summed E-state index contributed by atoms with van der Waals surface area (Å²) in [6, 6.07) is 0. The van der Waals surface area contributed by atoms with Crippen LogP contribution in [0.1, 0.15) is 71.1 Å². The number of aliphatic hydroxyl groups excluding tert-OH is 1. The summed E-state index contributed by atoms with van der Waals surface area (Å²) in [4.78, 5) is 0. The van der Waals surface area contributed by atoms with E-state index in [1.165, 1.54) is 19.3 Å². The second-order valence-electron chi connectivity index (χ2n) is 9.22. The fourth-order valence-electron chi connectivity index (χ4n) is 7.54. The van der Waals surface area contributed by atoms with Gasteiger partial charge in [-0.2, -0.15) is 0 Å². The van der Waals surface area contributed by atoms with Gasteiger partial charge in [-0.25, -0.2) is 0 Å². The summed E-state index contributed by atoms with van der Waals surface area (Å²) in [7, 11) is 0. The minimum Gasteiger partial charge on any atom is -0.389 e. The van der Waals surface area contributed by atoms with Gasteiger partial charge in [-0.3, -0.25) is 0 Å². The Morgan fingerprint density at radius 1 is 1.20 bits per heavy atom. The van der Waals surface area contributed by atoms with Gasteiger partial charge in [0.15, 0.2) is 0 Å². The molecule has 0 bridgehead atoms. The molecule has 0 radical (unpaired) electrons. The average molecular weight is 343 g/mol. The van der Waals surface area contributed by atoms with E-state index in [1.54, 1.807) is 5.57 Å². The van der Waals surface area contributed by atoms with Crippen LogP contribution in [0.4, 0.5) is 0 Å². The second kappa shape index (κ2) is 6.41. The normalized spacial score (nSPS) is 48.6. The molecule has 25 heavy (non-hydrogen) atoms. The highest BCUT2D eigenvalue weighted by molar-refractivity contribution is 5.24. The van der Waals surface area contributed by atoms with Crippen LogP contribution in [-0.4, -0.2) is 21.9 Å². The van der Waals surface area contributed by atoms with Crippen LogP contribution in [0.15, 0.2) is 30.0 Å². The van der Waals surface area contributed by atoms with Crippen molar-refractivity contribution >= 4 is 0 Å². The monoisotopic (exact) mass is 342 g/mol. The Labute approximate surface area is 152 Å². The molecule has 0 amide bonds. The number of hydrogen-bond acceptors (Lipinski definition) is 2. The predicted octanol–water partition coefficient (Wildman–Crippen LogP) is 4.77. The third-order valence-electron chi connectivity index (χ3n) is 8.38. The van der Waals surface area contributed by atoms with Crippen LogP contribution in [-0.2, 0) is 0 Å². The van der Waals surface area contributed by atoms with Crippen molar-refractivity contribution in [2.24, 2.45) is 29.1 Å². The lowest BCUT2D eigenvalue weighted by Crippen LogP contribution is -2.53. The van der Waals surface area contributed by atoms with E-state index in [2.05, 4.69) is 25.3 Å². The summed E-state index contributed by atoms with van der Waals surface area (Å²) >= 11 is 0. The molecule has 4 rings (SSSR count). The summed E-state index contributed by atoms with van der Waals surface area (Å²) in [6.45, 7) is 6.03. The lowest BCUT2D eigenvalue weighted by molar-refractivity contribution is -0.108. The Balaban J connectivity index is 1.67. The van der Waals surface area contributed by atoms with Crippen LogP contribution in [0.3, 0.4) is 0 Å². The van der Waals surface area contributed by atoms with Crippen LogP contribution in [0.2, 0.25) is 0 Å². The molecule has 0 heterocycles. The Kier molecular flexibility index (Phi) is 4.51. The molecular weight excluding hydrogens is 308 g/mol. The van der Waals surface area contributed by atoms with Gasteiger partial charge in [0.2, 0.25) is 0 Å². The minimum absolute atomic E-state index is 0.0446. The van der Waals surface area contributed by atoms with Gasteiger partial charge in [-0.15, -0.1) is 5.73 Å². The fourth-order valence-corrected chi connectivity index (χ4v) is 7.54. The molecule has 3 saturated carbocycles. The summed E-state index contributed by atoms with van der Waals surface area (Å²) in [6.07, 6.45) is 15.1. The van der Waals surface area contributed by atoms with Gasteiger partial charge in [0.1, 0.15) is 0 Å². The smallest absolute Gasteiger partial charge is 0.0959 e. The Morgan fingerprint density at radius 3 is 2.80 bits per heavy atom. The number of fused-ring (bicyclic) bond motifs is 5. The zero-order chi connectivity index (χ0) is 17.7. The third kappa shape index (κ3) is 2.52. The predicted molar refractivity (Wildman–Crippen MR) is 101 cm³/mol. The zero-order valence-corrected chi connectivity index (χ0v) is 15.7. The first kappa shape index (κ1) is 17.6. The summed E-state index contributed by atoms with van der Waals surface area (Å²) in [5.41, 5.74) is 3.82. The standard InChI is InChI=1S/C23H34O2/c1-3-11-22-13-9-19-18-8-6-17(24)15-16(18)5-7-20(19)21(22)10-14-23(22,25)12-4-2/h12,15,17-21,24-25H,2-3,5-11,13-14H2,1H3/t17-,18-,19+,20+,21-,22-,23-/m0/s1. The van der Waals surface area contributed by atoms with Crippen molar-refractivity contribution in [3.63, 3.8) is 0 Å². The fraction of sp³-hybridized carbons (Fsp3) is 0.783. The highest BCUT2D eigenvalue weighted by Crippen LogP contribution is 2.66. The van der Waals surface area contributed by atoms with Crippen LogP contribution < -0.4 is 0 Å². The average Bonchev–Trinajstić information content (AvgIpc) is 2.88. The van der Waals surface area contributed by atoms with E-state index in [9.17, 15) is 10.2 Å². The maximum atomic E-state index is 11.5. The van der Waals surface area contributed by atoms with Crippen LogP contribution >= 0.6 is 0 Å². The maximum absolute atomic E-state index is 11.5. The van der Waals surface area contributed by atoms with E-state index in [-0.39, 0.29) is 11.5 Å². The molecule has 7 atom stereocenters. The Hall–Kier alpha value is -0.820. The van der Waals surface area contributed by atoms with E-state index >= 15 is 0 Å². The van der Waals surface area contributed by atoms with E-state index in [0.717, 1.165) is 56.8 Å². The molecule has 0 saturated heterocycles. The Bertz CT molecular complexity index is 601.